The maximum absolute atomic E-state index is 12.9. The lowest BCUT2D eigenvalue weighted by molar-refractivity contribution is -0.135. The number of ether oxygens (including phenoxy) is 1. The summed E-state index contributed by atoms with van der Waals surface area (Å²) in [6.45, 7) is 1.07. The smallest absolute Gasteiger partial charge is 0.328 e. The lowest BCUT2D eigenvalue weighted by Gasteiger charge is -2.32. The molecule has 1 amide bonds. The minimum absolute atomic E-state index is 0.314. The van der Waals surface area contributed by atoms with Gasteiger partial charge in [0.1, 0.15) is 11.9 Å². The number of hydrogen-bond donors (Lipinski definition) is 1. The van der Waals surface area contributed by atoms with E-state index >= 15 is 0 Å². The first-order chi connectivity index (χ1) is 9.56. The Morgan fingerprint density at radius 2 is 2.00 bits per heavy atom. The van der Waals surface area contributed by atoms with Crippen LogP contribution in [0.1, 0.15) is 11.7 Å². The first-order valence-electron chi connectivity index (χ1n) is 6.13. The number of benzene rings is 1. The molecule has 1 aromatic rings. The summed E-state index contributed by atoms with van der Waals surface area (Å²) in [5, 5.41) is 8.50. The van der Waals surface area contributed by atoms with Crippen molar-refractivity contribution in [1.29, 1.82) is 0 Å². The fourth-order valence-corrected chi connectivity index (χ4v) is 1.98. The van der Waals surface area contributed by atoms with Crippen molar-refractivity contribution in [2.75, 3.05) is 19.7 Å². The SMILES string of the molecule is O=C(O)/C=C/C(=O)N1CCOC(c2ccc(F)cc2)C1. The van der Waals surface area contributed by atoms with E-state index in [0.29, 0.717) is 19.7 Å². The van der Waals surface area contributed by atoms with Crippen molar-refractivity contribution >= 4 is 11.9 Å². The summed E-state index contributed by atoms with van der Waals surface area (Å²) >= 11 is 0. The van der Waals surface area contributed by atoms with Crippen molar-refractivity contribution in [1.82, 2.24) is 4.90 Å². The number of morpholine rings is 1. The molecule has 1 fully saturated rings. The van der Waals surface area contributed by atoms with Crippen LogP contribution in [0.5, 0.6) is 0 Å². The van der Waals surface area contributed by atoms with Gasteiger partial charge in [0.25, 0.3) is 0 Å². The summed E-state index contributed by atoms with van der Waals surface area (Å²) in [6.07, 6.45) is 1.51. The molecular weight excluding hydrogens is 265 g/mol. The molecule has 1 atom stereocenters. The highest BCUT2D eigenvalue weighted by Crippen LogP contribution is 2.22. The Bertz CT molecular complexity index is 526. The standard InChI is InChI=1S/C14H14FNO4/c15-11-3-1-10(2-4-11)12-9-16(7-8-20-12)13(17)5-6-14(18)19/h1-6,12H,7-9H2,(H,18,19)/b6-5+. The topological polar surface area (TPSA) is 66.8 Å². The molecule has 1 saturated heterocycles. The van der Waals surface area contributed by atoms with Crippen LogP contribution in [0.25, 0.3) is 0 Å². The van der Waals surface area contributed by atoms with Crippen LogP contribution in [0, 0.1) is 5.82 Å². The average molecular weight is 279 g/mol. The van der Waals surface area contributed by atoms with E-state index in [2.05, 4.69) is 0 Å². The van der Waals surface area contributed by atoms with E-state index in [1.165, 1.54) is 17.0 Å². The van der Waals surface area contributed by atoms with Gasteiger partial charge in [-0.25, -0.2) is 9.18 Å². The number of amides is 1. The number of hydrogen-bond acceptors (Lipinski definition) is 3. The van der Waals surface area contributed by atoms with Gasteiger partial charge in [0, 0.05) is 18.7 Å². The van der Waals surface area contributed by atoms with Crippen LogP contribution < -0.4 is 0 Å². The van der Waals surface area contributed by atoms with Crippen molar-refractivity contribution in [3.63, 3.8) is 0 Å². The molecule has 2 rings (SSSR count). The molecule has 0 bridgehead atoms. The number of aliphatic carboxylic acids is 1. The van der Waals surface area contributed by atoms with Crippen LogP contribution in [-0.2, 0) is 14.3 Å². The highest BCUT2D eigenvalue weighted by Gasteiger charge is 2.24. The Hall–Kier alpha value is -2.21. The molecule has 0 saturated carbocycles. The molecule has 0 aromatic heterocycles. The summed E-state index contributed by atoms with van der Waals surface area (Å²) in [5.41, 5.74) is 0.783. The van der Waals surface area contributed by atoms with E-state index < -0.39 is 5.97 Å². The van der Waals surface area contributed by atoms with Crippen LogP contribution in [-0.4, -0.2) is 41.6 Å². The van der Waals surface area contributed by atoms with Crippen LogP contribution in [0.4, 0.5) is 4.39 Å². The zero-order chi connectivity index (χ0) is 14.5. The van der Waals surface area contributed by atoms with E-state index in [9.17, 15) is 14.0 Å². The molecule has 0 aliphatic carbocycles. The highest BCUT2D eigenvalue weighted by molar-refractivity contribution is 5.93. The largest absolute Gasteiger partial charge is 0.478 e. The molecule has 106 valence electrons. The van der Waals surface area contributed by atoms with E-state index in [1.807, 2.05) is 0 Å². The zero-order valence-corrected chi connectivity index (χ0v) is 10.7. The van der Waals surface area contributed by atoms with E-state index in [0.717, 1.165) is 17.7 Å². The predicted molar refractivity (Wildman–Crippen MR) is 68.4 cm³/mol. The van der Waals surface area contributed by atoms with Gasteiger partial charge in [-0.2, -0.15) is 0 Å². The Labute approximate surface area is 115 Å². The van der Waals surface area contributed by atoms with E-state index in [4.69, 9.17) is 9.84 Å². The lowest BCUT2D eigenvalue weighted by atomic mass is 10.1. The molecule has 1 unspecified atom stereocenters. The third-order valence-electron chi connectivity index (χ3n) is 2.99. The molecule has 20 heavy (non-hydrogen) atoms. The Balaban J connectivity index is 2.03. The molecular formula is C14H14FNO4. The molecule has 1 aliphatic rings. The third-order valence-corrected chi connectivity index (χ3v) is 2.99. The summed E-state index contributed by atoms with van der Waals surface area (Å²) in [6, 6.07) is 5.90. The molecule has 1 aliphatic heterocycles. The van der Waals surface area contributed by atoms with Gasteiger partial charge in [-0.05, 0) is 17.7 Å². The molecule has 1 aromatic carbocycles. The second-order valence-corrected chi connectivity index (χ2v) is 4.37. The molecule has 0 spiro atoms. The van der Waals surface area contributed by atoms with Gasteiger partial charge in [0.15, 0.2) is 0 Å². The van der Waals surface area contributed by atoms with Gasteiger partial charge in [-0.3, -0.25) is 4.79 Å². The van der Waals surface area contributed by atoms with Gasteiger partial charge >= 0.3 is 5.97 Å². The molecule has 1 heterocycles. The van der Waals surface area contributed by atoms with Gasteiger partial charge in [0.2, 0.25) is 5.91 Å². The quantitative estimate of drug-likeness (QED) is 0.848. The van der Waals surface area contributed by atoms with E-state index in [-0.39, 0.29) is 17.8 Å². The number of carbonyl (C=O) groups is 2. The number of halogens is 1. The number of carbonyl (C=O) groups excluding carboxylic acids is 1. The van der Waals surface area contributed by atoms with Crippen molar-refractivity contribution in [3.05, 3.63) is 47.8 Å². The van der Waals surface area contributed by atoms with E-state index in [1.54, 1.807) is 12.1 Å². The van der Waals surface area contributed by atoms with Crippen molar-refractivity contribution in [3.8, 4) is 0 Å². The monoisotopic (exact) mass is 279 g/mol. The molecule has 6 heteroatoms. The fourth-order valence-electron chi connectivity index (χ4n) is 1.98. The van der Waals surface area contributed by atoms with Crippen molar-refractivity contribution in [2.45, 2.75) is 6.10 Å². The van der Waals surface area contributed by atoms with Crippen molar-refractivity contribution in [2.24, 2.45) is 0 Å². The first-order valence-corrected chi connectivity index (χ1v) is 6.13. The Morgan fingerprint density at radius 3 is 2.65 bits per heavy atom. The van der Waals surface area contributed by atoms with Crippen LogP contribution in [0.2, 0.25) is 0 Å². The normalized spacial score (nSPS) is 19.2. The summed E-state index contributed by atoms with van der Waals surface area (Å²) in [4.78, 5) is 23.7. The molecule has 5 nitrogen and oxygen atoms in total. The van der Waals surface area contributed by atoms with Gasteiger partial charge in [-0.1, -0.05) is 12.1 Å². The van der Waals surface area contributed by atoms with Gasteiger partial charge < -0.3 is 14.7 Å². The third kappa shape index (κ3) is 3.64. The van der Waals surface area contributed by atoms with Crippen LogP contribution in [0.3, 0.4) is 0 Å². The molecule has 1 N–H and O–H groups in total. The van der Waals surface area contributed by atoms with Gasteiger partial charge in [0.05, 0.1) is 13.2 Å². The Kier molecular flexibility index (Phi) is 4.47. The Morgan fingerprint density at radius 1 is 1.30 bits per heavy atom. The highest BCUT2D eigenvalue weighted by atomic mass is 19.1. The summed E-state index contributed by atoms with van der Waals surface area (Å²) in [7, 11) is 0. The predicted octanol–water partition coefficient (Wildman–Crippen LogP) is 1.37. The summed E-state index contributed by atoms with van der Waals surface area (Å²) < 4.78 is 18.4. The average Bonchev–Trinajstić information content (AvgIpc) is 2.45. The number of nitrogens with zero attached hydrogens (tertiary/aromatic N) is 1. The maximum atomic E-state index is 12.9. The van der Waals surface area contributed by atoms with Crippen molar-refractivity contribution < 1.29 is 23.8 Å². The minimum Gasteiger partial charge on any atom is -0.478 e. The minimum atomic E-state index is -1.17. The summed E-state index contributed by atoms with van der Waals surface area (Å²) in [5.74, 6) is -1.87. The van der Waals surface area contributed by atoms with Crippen LogP contribution >= 0.6 is 0 Å². The lowest BCUT2D eigenvalue weighted by Crippen LogP contribution is -2.41. The van der Waals surface area contributed by atoms with Crippen LogP contribution in [0.15, 0.2) is 36.4 Å². The number of carboxylic acids is 1. The number of rotatable bonds is 3. The second kappa shape index (κ2) is 6.29. The number of carboxylic acid groups (broad SMARTS) is 1. The first kappa shape index (κ1) is 14.2. The fraction of sp³-hybridized carbons (Fsp3) is 0.286. The second-order valence-electron chi connectivity index (χ2n) is 4.37. The maximum Gasteiger partial charge on any atom is 0.328 e. The zero-order valence-electron chi connectivity index (χ0n) is 10.7. The van der Waals surface area contributed by atoms with Gasteiger partial charge in [-0.15, -0.1) is 0 Å². The molecule has 0 radical (unpaired) electrons.